The number of aromatic hydroxyl groups is 1. The molecule has 0 spiro atoms. The summed E-state index contributed by atoms with van der Waals surface area (Å²) >= 11 is 0. The third kappa shape index (κ3) is 2.41. The van der Waals surface area contributed by atoms with Crippen molar-refractivity contribution in [3.63, 3.8) is 0 Å². The number of hydrogen-bond acceptors (Lipinski definition) is 4. The molecular formula is C24H21NO3. The maximum Gasteiger partial charge on any atom is 0.339 e. The summed E-state index contributed by atoms with van der Waals surface area (Å²) in [5.41, 5.74) is 3.34. The quantitative estimate of drug-likeness (QED) is 0.483. The lowest BCUT2D eigenvalue weighted by Crippen LogP contribution is -2.30. The fraction of sp³-hybridized carbons (Fsp3) is 0.208. The van der Waals surface area contributed by atoms with Crippen molar-refractivity contribution in [2.24, 2.45) is 5.92 Å². The van der Waals surface area contributed by atoms with E-state index in [0.29, 0.717) is 5.56 Å². The van der Waals surface area contributed by atoms with Gasteiger partial charge in [-0.1, -0.05) is 54.6 Å². The average Bonchev–Trinajstić information content (AvgIpc) is 3.23. The largest absolute Gasteiger partial charge is 0.508 e. The van der Waals surface area contributed by atoms with Crippen LogP contribution in [0.4, 0.5) is 5.69 Å². The van der Waals surface area contributed by atoms with E-state index in [0.717, 1.165) is 34.0 Å². The van der Waals surface area contributed by atoms with Crippen molar-refractivity contribution >= 4 is 22.4 Å². The molecule has 0 radical (unpaired) electrons. The van der Waals surface area contributed by atoms with E-state index in [4.69, 9.17) is 4.74 Å². The van der Waals surface area contributed by atoms with Crippen LogP contribution in [-0.4, -0.2) is 18.2 Å². The molecule has 3 aromatic rings. The highest BCUT2D eigenvalue weighted by Crippen LogP contribution is 2.53. The topological polar surface area (TPSA) is 58.6 Å². The second-order valence-electron chi connectivity index (χ2n) is 7.46. The minimum atomic E-state index is -0.356. The number of hydrogen-bond donors (Lipinski definition) is 2. The van der Waals surface area contributed by atoms with Gasteiger partial charge in [0.05, 0.1) is 24.4 Å². The van der Waals surface area contributed by atoms with E-state index in [1.54, 1.807) is 12.1 Å². The molecule has 5 rings (SSSR count). The predicted octanol–water partition coefficient (Wildman–Crippen LogP) is 5.16. The van der Waals surface area contributed by atoms with Crippen molar-refractivity contribution in [2.75, 3.05) is 12.4 Å². The molecule has 2 N–H and O–H groups in total. The number of rotatable bonds is 2. The molecule has 3 aromatic carbocycles. The molecule has 0 aromatic heterocycles. The lowest BCUT2D eigenvalue weighted by Gasteiger charge is -2.38. The maximum atomic E-state index is 12.4. The Morgan fingerprint density at radius 1 is 1.11 bits per heavy atom. The molecule has 0 amide bonds. The van der Waals surface area contributed by atoms with Gasteiger partial charge in [-0.3, -0.25) is 0 Å². The van der Waals surface area contributed by atoms with Crippen molar-refractivity contribution in [3.8, 4) is 5.75 Å². The van der Waals surface area contributed by atoms with Crippen LogP contribution in [0, 0.1) is 5.92 Å². The molecule has 0 saturated carbocycles. The van der Waals surface area contributed by atoms with Gasteiger partial charge in [0.1, 0.15) is 5.75 Å². The number of benzene rings is 3. The van der Waals surface area contributed by atoms with Crippen LogP contribution in [0.3, 0.4) is 0 Å². The van der Waals surface area contributed by atoms with Gasteiger partial charge in [-0.25, -0.2) is 4.79 Å². The van der Waals surface area contributed by atoms with Crippen molar-refractivity contribution in [3.05, 3.63) is 83.4 Å². The Balaban J connectivity index is 1.72. The monoisotopic (exact) mass is 371 g/mol. The van der Waals surface area contributed by atoms with Gasteiger partial charge in [0.2, 0.25) is 0 Å². The van der Waals surface area contributed by atoms with E-state index in [9.17, 15) is 9.90 Å². The van der Waals surface area contributed by atoms with Gasteiger partial charge in [-0.15, -0.1) is 0 Å². The molecule has 1 heterocycles. The van der Waals surface area contributed by atoms with Crippen molar-refractivity contribution in [2.45, 2.75) is 18.4 Å². The van der Waals surface area contributed by atoms with E-state index >= 15 is 0 Å². The number of ether oxygens (including phenoxy) is 1. The molecule has 2 aliphatic rings. The van der Waals surface area contributed by atoms with Crippen LogP contribution in [0.1, 0.15) is 39.9 Å². The first-order chi connectivity index (χ1) is 13.7. The fourth-order valence-corrected chi connectivity index (χ4v) is 4.80. The minimum absolute atomic E-state index is 0.107. The van der Waals surface area contributed by atoms with Crippen LogP contribution in [0.2, 0.25) is 0 Å². The van der Waals surface area contributed by atoms with Gasteiger partial charge in [-0.2, -0.15) is 0 Å². The van der Waals surface area contributed by atoms with Gasteiger partial charge < -0.3 is 15.2 Å². The third-order valence-corrected chi connectivity index (χ3v) is 6.06. The van der Waals surface area contributed by atoms with Gasteiger partial charge >= 0.3 is 5.97 Å². The van der Waals surface area contributed by atoms with Crippen LogP contribution < -0.4 is 5.32 Å². The SMILES string of the molecule is COC(=O)c1cccc2c1NC(c1c(O)ccc3ccccc13)C1CC=CC21. The molecule has 140 valence electrons. The molecule has 1 aliphatic heterocycles. The highest BCUT2D eigenvalue weighted by Gasteiger charge is 2.40. The van der Waals surface area contributed by atoms with Crippen LogP contribution >= 0.6 is 0 Å². The highest BCUT2D eigenvalue weighted by molar-refractivity contribution is 5.97. The Labute approximate surface area is 163 Å². The Bertz CT molecular complexity index is 1120. The number of fused-ring (bicyclic) bond motifs is 4. The van der Waals surface area contributed by atoms with Crippen LogP contribution in [-0.2, 0) is 4.74 Å². The van der Waals surface area contributed by atoms with Crippen molar-refractivity contribution < 1.29 is 14.6 Å². The zero-order valence-electron chi connectivity index (χ0n) is 15.6. The Morgan fingerprint density at radius 3 is 2.82 bits per heavy atom. The van der Waals surface area contributed by atoms with Crippen molar-refractivity contribution in [1.29, 1.82) is 0 Å². The summed E-state index contributed by atoms with van der Waals surface area (Å²) in [4.78, 5) is 12.4. The van der Waals surface area contributed by atoms with E-state index in [-0.39, 0.29) is 29.6 Å². The number of anilines is 1. The lowest BCUT2D eigenvalue weighted by atomic mass is 9.75. The molecule has 0 saturated heterocycles. The molecule has 4 heteroatoms. The molecule has 0 bridgehead atoms. The van der Waals surface area contributed by atoms with Crippen LogP contribution in [0.5, 0.6) is 5.75 Å². The summed E-state index contributed by atoms with van der Waals surface area (Å²) in [7, 11) is 1.40. The first kappa shape index (κ1) is 16.9. The molecule has 3 unspecified atom stereocenters. The molecule has 28 heavy (non-hydrogen) atoms. The number of carbonyl (C=O) groups excluding carboxylic acids is 1. The zero-order chi connectivity index (χ0) is 19.3. The number of methoxy groups -OCH3 is 1. The summed E-state index contributed by atoms with van der Waals surface area (Å²) in [6.45, 7) is 0. The number of phenols is 1. The maximum absolute atomic E-state index is 12.4. The molecule has 1 aliphatic carbocycles. The zero-order valence-corrected chi connectivity index (χ0v) is 15.6. The number of allylic oxidation sites excluding steroid dienone is 2. The van der Waals surface area contributed by atoms with E-state index in [1.807, 2.05) is 30.3 Å². The van der Waals surface area contributed by atoms with E-state index < -0.39 is 0 Å². The second-order valence-corrected chi connectivity index (χ2v) is 7.46. The standard InChI is InChI=1S/C24H21NO3/c1-28-24(27)19-11-5-9-17-16-8-4-10-18(16)23(25-22(17)19)21-15-7-3-2-6-14(15)12-13-20(21)26/h2-9,11-13,16,18,23,25-26H,10H2,1H3. The van der Waals surface area contributed by atoms with E-state index in [1.165, 1.54) is 7.11 Å². The number of carbonyl (C=O) groups is 1. The Morgan fingerprint density at radius 2 is 1.96 bits per heavy atom. The summed E-state index contributed by atoms with van der Waals surface area (Å²) in [5.74, 6) is 0.396. The third-order valence-electron chi connectivity index (χ3n) is 6.06. The summed E-state index contributed by atoms with van der Waals surface area (Å²) in [6, 6.07) is 17.5. The smallest absolute Gasteiger partial charge is 0.339 e. The van der Waals surface area contributed by atoms with E-state index in [2.05, 4.69) is 29.6 Å². The van der Waals surface area contributed by atoms with Gasteiger partial charge in [0, 0.05) is 11.5 Å². The highest BCUT2D eigenvalue weighted by atomic mass is 16.5. The summed E-state index contributed by atoms with van der Waals surface area (Å²) in [5, 5.41) is 16.5. The summed E-state index contributed by atoms with van der Waals surface area (Å²) in [6.07, 6.45) is 5.35. The number of esters is 1. The van der Waals surface area contributed by atoms with Crippen molar-refractivity contribution in [1.82, 2.24) is 0 Å². The molecular weight excluding hydrogens is 350 g/mol. The van der Waals surface area contributed by atoms with Crippen LogP contribution in [0.15, 0.2) is 66.7 Å². The van der Waals surface area contributed by atoms with Gasteiger partial charge in [0.15, 0.2) is 0 Å². The Kier molecular flexibility index (Phi) is 3.86. The van der Waals surface area contributed by atoms with Gasteiger partial charge in [-0.05, 0) is 40.8 Å². The first-order valence-electron chi connectivity index (χ1n) is 9.54. The number of phenolic OH excluding ortho intramolecular Hbond substituents is 1. The van der Waals surface area contributed by atoms with Gasteiger partial charge in [0.25, 0.3) is 0 Å². The minimum Gasteiger partial charge on any atom is -0.508 e. The number of para-hydroxylation sites is 1. The lowest BCUT2D eigenvalue weighted by molar-refractivity contribution is 0.0601. The fourth-order valence-electron chi connectivity index (χ4n) is 4.80. The Hall–Kier alpha value is -3.27. The van der Waals surface area contributed by atoms with Crippen LogP contribution in [0.25, 0.3) is 10.8 Å². The molecule has 3 atom stereocenters. The first-order valence-corrected chi connectivity index (χ1v) is 9.54. The number of nitrogens with one attached hydrogen (secondary N) is 1. The second kappa shape index (κ2) is 6.41. The predicted molar refractivity (Wildman–Crippen MR) is 110 cm³/mol. The normalized spacial score (nSPS) is 22.4. The summed E-state index contributed by atoms with van der Waals surface area (Å²) < 4.78 is 5.00. The molecule has 4 nitrogen and oxygen atoms in total. The average molecular weight is 371 g/mol. The molecule has 0 fully saturated rings.